The van der Waals surface area contributed by atoms with E-state index in [1.54, 1.807) is 27.8 Å². The van der Waals surface area contributed by atoms with Crippen molar-refractivity contribution in [1.82, 2.24) is 24.2 Å². The fourth-order valence-corrected chi connectivity index (χ4v) is 5.57. The number of hydrogen-bond donors (Lipinski definition) is 0. The van der Waals surface area contributed by atoms with E-state index < -0.39 is 16.1 Å². The first-order valence-corrected chi connectivity index (χ1v) is 11.2. The number of ether oxygens (including phenoxy) is 1. The number of aryl methyl sites for hydroxylation is 1. The molecule has 2 fully saturated rings. The van der Waals surface area contributed by atoms with E-state index in [2.05, 4.69) is 10.3 Å². The first-order valence-electron chi connectivity index (χ1n) is 9.74. The molecule has 2 saturated heterocycles. The number of aromatic nitrogens is 3. The lowest BCUT2D eigenvalue weighted by Crippen LogP contribution is -2.50. The zero-order chi connectivity index (χ0) is 19.7. The van der Waals surface area contributed by atoms with E-state index in [4.69, 9.17) is 4.74 Å². The molecule has 1 amide bonds. The zero-order valence-corrected chi connectivity index (χ0v) is 16.8. The second-order valence-corrected chi connectivity index (χ2v) is 9.07. The Balaban J connectivity index is 1.61. The number of hydrogen-bond acceptors (Lipinski definition) is 6. The fourth-order valence-electron chi connectivity index (χ4n) is 3.89. The minimum Gasteiger partial charge on any atom is -0.378 e. The van der Waals surface area contributed by atoms with E-state index in [-0.39, 0.29) is 10.8 Å². The van der Waals surface area contributed by atoms with Crippen molar-refractivity contribution in [2.75, 3.05) is 32.8 Å². The van der Waals surface area contributed by atoms with Gasteiger partial charge in [0, 0.05) is 26.2 Å². The van der Waals surface area contributed by atoms with Gasteiger partial charge < -0.3 is 9.64 Å². The van der Waals surface area contributed by atoms with Gasteiger partial charge in [0.2, 0.25) is 15.9 Å². The molecule has 0 N–H and O–H groups in total. The number of carbonyl (C=O) groups is 1. The number of amides is 1. The molecular weight excluding hydrogens is 382 g/mol. The summed E-state index contributed by atoms with van der Waals surface area (Å²) in [5.41, 5.74) is 1.35. The van der Waals surface area contributed by atoms with E-state index in [9.17, 15) is 13.2 Å². The normalized spacial score (nSPS) is 21.5. The van der Waals surface area contributed by atoms with Crippen LogP contribution in [0, 0.1) is 0 Å². The van der Waals surface area contributed by atoms with E-state index in [0.717, 1.165) is 18.5 Å². The molecule has 0 saturated carbocycles. The number of carbonyl (C=O) groups excluding carboxylic acids is 1. The summed E-state index contributed by atoms with van der Waals surface area (Å²) in [5.74, 6) is -0.126. The van der Waals surface area contributed by atoms with Crippen LogP contribution in [0.4, 0.5) is 0 Å². The van der Waals surface area contributed by atoms with Gasteiger partial charge in [-0.15, -0.1) is 5.10 Å². The largest absolute Gasteiger partial charge is 0.378 e. The van der Waals surface area contributed by atoms with Crippen LogP contribution >= 0.6 is 0 Å². The Labute approximate surface area is 164 Å². The van der Waals surface area contributed by atoms with Gasteiger partial charge in [0.15, 0.2) is 0 Å². The van der Waals surface area contributed by atoms with E-state index in [1.807, 2.05) is 6.92 Å². The number of sulfonamides is 1. The topological polar surface area (TPSA) is 97.6 Å². The fraction of sp³-hybridized carbons (Fsp3) is 0.611. The predicted molar refractivity (Wildman–Crippen MR) is 102 cm³/mol. The molecular formula is C18H25N5O4S. The molecule has 28 heavy (non-hydrogen) atoms. The van der Waals surface area contributed by atoms with Crippen LogP contribution in [0.1, 0.15) is 26.2 Å². The lowest BCUT2D eigenvalue weighted by atomic mass is 10.2. The van der Waals surface area contributed by atoms with Gasteiger partial charge in [-0.2, -0.15) is 4.31 Å². The number of benzene rings is 1. The van der Waals surface area contributed by atoms with Gasteiger partial charge in [0.25, 0.3) is 0 Å². The average molecular weight is 407 g/mol. The maximum absolute atomic E-state index is 13.3. The summed E-state index contributed by atoms with van der Waals surface area (Å²) in [5, 5.41) is 8.20. The number of nitrogens with zero attached hydrogens (tertiary/aromatic N) is 5. The maximum Gasteiger partial charge on any atom is 0.243 e. The summed E-state index contributed by atoms with van der Waals surface area (Å²) < 4.78 is 35.0. The molecule has 0 spiro atoms. The lowest BCUT2D eigenvalue weighted by molar-refractivity contribution is -0.138. The van der Waals surface area contributed by atoms with Crippen LogP contribution in [0.15, 0.2) is 23.1 Å². The Morgan fingerprint density at radius 1 is 1.25 bits per heavy atom. The van der Waals surface area contributed by atoms with E-state index in [0.29, 0.717) is 51.2 Å². The molecule has 0 radical (unpaired) electrons. The highest BCUT2D eigenvalue weighted by molar-refractivity contribution is 7.89. The number of fused-ring (bicyclic) bond motifs is 1. The minimum atomic E-state index is -3.79. The first kappa shape index (κ1) is 19.3. The van der Waals surface area contributed by atoms with Crippen LogP contribution in [-0.2, 0) is 26.1 Å². The Hall–Kier alpha value is -2.04. The van der Waals surface area contributed by atoms with Crippen LogP contribution in [0.5, 0.6) is 0 Å². The molecule has 2 aromatic rings. The molecule has 2 aliphatic heterocycles. The van der Waals surface area contributed by atoms with Gasteiger partial charge in [0.1, 0.15) is 11.6 Å². The minimum absolute atomic E-state index is 0.126. The molecule has 1 aromatic carbocycles. The Bertz CT molecular complexity index is 968. The molecule has 9 nitrogen and oxygen atoms in total. The van der Waals surface area contributed by atoms with Crippen molar-refractivity contribution < 1.29 is 17.9 Å². The summed E-state index contributed by atoms with van der Waals surface area (Å²) in [6.07, 6.45) is 2.14. The molecule has 2 aliphatic rings. The number of morpholine rings is 1. The summed E-state index contributed by atoms with van der Waals surface area (Å²) in [6.45, 7) is 5.13. The van der Waals surface area contributed by atoms with Crippen molar-refractivity contribution in [1.29, 1.82) is 0 Å². The molecule has 152 valence electrons. The van der Waals surface area contributed by atoms with Crippen molar-refractivity contribution in [2.45, 2.75) is 43.7 Å². The van der Waals surface area contributed by atoms with Gasteiger partial charge in [-0.05, 0) is 37.5 Å². The van der Waals surface area contributed by atoms with Crippen LogP contribution in [0.2, 0.25) is 0 Å². The monoisotopic (exact) mass is 407 g/mol. The van der Waals surface area contributed by atoms with Crippen LogP contribution in [0.25, 0.3) is 11.0 Å². The zero-order valence-electron chi connectivity index (χ0n) is 16.0. The van der Waals surface area contributed by atoms with Crippen molar-refractivity contribution >= 4 is 27.0 Å². The molecule has 1 atom stereocenters. The maximum atomic E-state index is 13.3. The van der Waals surface area contributed by atoms with E-state index >= 15 is 0 Å². The quantitative estimate of drug-likeness (QED) is 0.729. The molecule has 3 heterocycles. The Morgan fingerprint density at radius 2 is 2.04 bits per heavy atom. The smallest absolute Gasteiger partial charge is 0.243 e. The Morgan fingerprint density at radius 3 is 2.79 bits per heavy atom. The third kappa shape index (κ3) is 3.40. The van der Waals surface area contributed by atoms with Gasteiger partial charge in [-0.1, -0.05) is 12.1 Å². The van der Waals surface area contributed by atoms with Crippen molar-refractivity contribution in [2.24, 2.45) is 0 Å². The second-order valence-electron chi connectivity index (χ2n) is 7.17. The summed E-state index contributed by atoms with van der Waals surface area (Å²) in [4.78, 5) is 14.8. The van der Waals surface area contributed by atoms with Crippen molar-refractivity contribution in [3.8, 4) is 0 Å². The molecule has 0 aliphatic carbocycles. The van der Waals surface area contributed by atoms with Crippen molar-refractivity contribution in [3.63, 3.8) is 0 Å². The van der Waals surface area contributed by atoms with Crippen LogP contribution in [0.3, 0.4) is 0 Å². The molecule has 1 unspecified atom stereocenters. The van der Waals surface area contributed by atoms with Crippen LogP contribution < -0.4 is 0 Å². The van der Waals surface area contributed by atoms with Gasteiger partial charge in [0.05, 0.1) is 23.6 Å². The SMILES string of the molecule is CCCn1nnc2cc(S(=O)(=O)N3CCCC3C(=O)N3CCOCC3)ccc21. The third-order valence-corrected chi connectivity index (χ3v) is 7.24. The molecule has 0 bridgehead atoms. The highest BCUT2D eigenvalue weighted by Crippen LogP contribution is 2.29. The molecule has 4 rings (SSSR count). The standard InChI is InChI=1S/C18H25N5O4S/c1-2-7-22-16-6-5-14(13-15(16)19-20-22)28(25,26)23-8-3-4-17(23)18(24)21-9-11-27-12-10-21/h5-6,13,17H,2-4,7-12H2,1H3. The first-order chi connectivity index (χ1) is 13.5. The predicted octanol–water partition coefficient (Wildman–Crippen LogP) is 0.853. The third-order valence-electron chi connectivity index (χ3n) is 5.34. The van der Waals surface area contributed by atoms with Gasteiger partial charge >= 0.3 is 0 Å². The summed E-state index contributed by atoms with van der Waals surface area (Å²) in [7, 11) is -3.79. The highest BCUT2D eigenvalue weighted by Gasteiger charge is 2.41. The van der Waals surface area contributed by atoms with E-state index in [1.165, 1.54) is 4.31 Å². The van der Waals surface area contributed by atoms with Gasteiger partial charge in [-0.3, -0.25) is 4.79 Å². The second kappa shape index (κ2) is 7.76. The molecule has 10 heteroatoms. The summed E-state index contributed by atoms with van der Waals surface area (Å²) in [6, 6.07) is 4.24. The average Bonchev–Trinajstić information content (AvgIpc) is 3.36. The Kier molecular flexibility index (Phi) is 5.35. The number of rotatable bonds is 5. The van der Waals surface area contributed by atoms with Crippen LogP contribution in [-0.4, -0.2) is 77.4 Å². The summed E-state index contributed by atoms with van der Waals surface area (Å²) >= 11 is 0. The lowest BCUT2D eigenvalue weighted by Gasteiger charge is -2.32. The van der Waals surface area contributed by atoms with Crippen molar-refractivity contribution in [3.05, 3.63) is 18.2 Å². The highest BCUT2D eigenvalue weighted by atomic mass is 32.2. The van der Waals surface area contributed by atoms with Gasteiger partial charge in [-0.25, -0.2) is 13.1 Å². The molecule has 1 aromatic heterocycles.